The third-order valence-corrected chi connectivity index (χ3v) is 6.25. The minimum absolute atomic E-state index is 0.190. The van der Waals surface area contributed by atoms with Crippen LogP contribution in [0.4, 0.5) is 0 Å². The lowest BCUT2D eigenvalue weighted by atomic mass is 10.1. The van der Waals surface area contributed by atoms with Crippen LogP contribution in [0.15, 0.2) is 59.6 Å². The van der Waals surface area contributed by atoms with E-state index in [9.17, 15) is 8.42 Å². The zero-order valence-corrected chi connectivity index (χ0v) is 16.6. The molecule has 0 aliphatic carbocycles. The van der Waals surface area contributed by atoms with Crippen molar-refractivity contribution < 1.29 is 13.2 Å². The fourth-order valence-corrected chi connectivity index (χ4v) is 4.56. The number of nitrogens with one attached hydrogen (secondary N) is 1. The van der Waals surface area contributed by atoms with Gasteiger partial charge in [-0.25, -0.2) is 13.1 Å². The number of rotatable bonds is 7. The van der Waals surface area contributed by atoms with Gasteiger partial charge in [-0.2, -0.15) is 0 Å². The number of methoxy groups -OCH3 is 1. The van der Waals surface area contributed by atoms with Crippen LogP contribution in [0.2, 0.25) is 0 Å². The second-order valence-electron chi connectivity index (χ2n) is 6.69. The first-order valence-corrected chi connectivity index (χ1v) is 10.4. The number of fused-ring (bicyclic) bond motifs is 1. The molecule has 1 N–H and O–H groups in total. The van der Waals surface area contributed by atoms with Crippen molar-refractivity contribution in [3.8, 4) is 5.75 Å². The molecule has 0 saturated carbocycles. The molecule has 0 bridgehead atoms. The number of ether oxygens (including phenoxy) is 1. The first-order valence-electron chi connectivity index (χ1n) is 8.90. The van der Waals surface area contributed by atoms with E-state index in [-0.39, 0.29) is 10.9 Å². The summed E-state index contributed by atoms with van der Waals surface area (Å²) in [5, 5.41) is 0.646. The third kappa shape index (κ3) is 4.46. The van der Waals surface area contributed by atoms with Gasteiger partial charge in [0.05, 0.1) is 17.5 Å². The smallest absolute Gasteiger partial charge is 0.241 e. The topological polar surface area (TPSA) is 68.3 Å². The van der Waals surface area contributed by atoms with Crippen molar-refractivity contribution in [2.75, 3.05) is 7.11 Å². The van der Waals surface area contributed by atoms with Crippen LogP contribution in [-0.2, 0) is 16.4 Å². The highest BCUT2D eigenvalue weighted by atomic mass is 32.2. The number of hydrogen-bond acceptors (Lipinski definition) is 4. The molecule has 0 aliphatic rings. The van der Waals surface area contributed by atoms with Gasteiger partial charge < -0.3 is 4.74 Å². The Bertz CT molecular complexity index is 1030. The molecule has 0 aliphatic heterocycles. The molecule has 3 rings (SSSR count). The maximum atomic E-state index is 12.9. The van der Waals surface area contributed by atoms with Crippen molar-refractivity contribution in [2.24, 2.45) is 0 Å². The number of nitrogens with zero attached hydrogens (tertiary/aromatic N) is 1. The fourth-order valence-electron chi connectivity index (χ4n) is 3.08. The molecule has 0 saturated heterocycles. The van der Waals surface area contributed by atoms with Gasteiger partial charge in [-0.1, -0.05) is 18.2 Å². The average Bonchev–Trinajstić information content (AvgIpc) is 2.66. The maximum absolute atomic E-state index is 12.9. The Morgan fingerprint density at radius 3 is 2.56 bits per heavy atom. The zero-order valence-electron chi connectivity index (χ0n) is 15.8. The molecule has 1 atom stereocenters. The summed E-state index contributed by atoms with van der Waals surface area (Å²) in [6.07, 6.45) is 3.16. The largest absolute Gasteiger partial charge is 0.497 e. The first-order chi connectivity index (χ1) is 12.9. The molecule has 142 valence electrons. The molecule has 0 spiro atoms. The Balaban J connectivity index is 1.73. The SMILES string of the molecule is COc1ccc(CCC(C)NS(=O)(=O)c2ccc(C)c3ncccc23)cc1. The normalized spacial score (nSPS) is 12.9. The number of pyridine rings is 1. The molecule has 27 heavy (non-hydrogen) atoms. The van der Waals surface area contributed by atoms with E-state index in [0.717, 1.165) is 23.3 Å². The average molecular weight is 385 g/mol. The van der Waals surface area contributed by atoms with E-state index in [0.29, 0.717) is 17.3 Å². The number of hydrogen-bond donors (Lipinski definition) is 1. The van der Waals surface area contributed by atoms with Crippen molar-refractivity contribution in [2.45, 2.75) is 37.6 Å². The monoisotopic (exact) mass is 384 g/mol. The highest BCUT2D eigenvalue weighted by molar-refractivity contribution is 7.89. The van der Waals surface area contributed by atoms with Crippen LogP contribution in [0.3, 0.4) is 0 Å². The summed E-state index contributed by atoms with van der Waals surface area (Å²) in [7, 11) is -1.99. The molecular formula is C21H24N2O3S. The molecule has 1 unspecified atom stereocenters. The van der Waals surface area contributed by atoms with Gasteiger partial charge in [-0.3, -0.25) is 4.98 Å². The van der Waals surface area contributed by atoms with E-state index in [2.05, 4.69) is 9.71 Å². The lowest BCUT2D eigenvalue weighted by Gasteiger charge is -2.16. The summed E-state index contributed by atoms with van der Waals surface area (Å²) in [5.74, 6) is 0.812. The van der Waals surface area contributed by atoms with Gasteiger partial charge >= 0.3 is 0 Å². The molecule has 0 fully saturated rings. The van der Waals surface area contributed by atoms with Gasteiger partial charge in [0.1, 0.15) is 5.75 Å². The highest BCUT2D eigenvalue weighted by Gasteiger charge is 2.20. The quantitative estimate of drug-likeness (QED) is 0.672. The van der Waals surface area contributed by atoms with Crippen LogP contribution in [0.5, 0.6) is 5.75 Å². The summed E-state index contributed by atoms with van der Waals surface area (Å²) >= 11 is 0. The lowest BCUT2D eigenvalue weighted by Crippen LogP contribution is -2.33. The Morgan fingerprint density at radius 1 is 1.11 bits per heavy atom. The number of aromatic nitrogens is 1. The van der Waals surface area contributed by atoms with Gasteiger partial charge in [-0.15, -0.1) is 0 Å². The second kappa shape index (κ2) is 8.06. The molecule has 1 heterocycles. The zero-order chi connectivity index (χ0) is 19.4. The Labute approximate surface area is 160 Å². The van der Waals surface area contributed by atoms with E-state index < -0.39 is 10.0 Å². The van der Waals surface area contributed by atoms with E-state index in [1.165, 1.54) is 0 Å². The van der Waals surface area contributed by atoms with Crippen LogP contribution >= 0.6 is 0 Å². The van der Waals surface area contributed by atoms with Crippen LogP contribution in [0.1, 0.15) is 24.5 Å². The number of aryl methyl sites for hydroxylation is 2. The fraction of sp³-hybridized carbons (Fsp3) is 0.286. The van der Waals surface area contributed by atoms with E-state index in [1.54, 1.807) is 37.6 Å². The minimum Gasteiger partial charge on any atom is -0.497 e. The molecule has 6 heteroatoms. The number of benzene rings is 2. The highest BCUT2D eigenvalue weighted by Crippen LogP contribution is 2.24. The van der Waals surface area contributed by atoms with Crippen molar-refractivity contribution in [3.05, 3.63) is 65.9 Å². The summed E-state index contributed by atoms with van der Waals surface area (Å²) in [5.41, 5.74) is 2.81. The van der Waals surface area contributed by atoms with Gasteiger partial charge in [0.25, 0.3) is 0 Å². The lowest BCUT2D eigenvalue weighted by molar-refractivity contribution is 0.414. The van der Waals surface area contributed by atoms with Crippen LogP contribution < -0.4 is 9.46 Å². The molecule has 1 aromatic heterocycles. The summed E-state index contributed by atoms with van der Waals surface area (Å²) in [4.78, 5) is 4.59. The molecule has 5 nitrogen and oxygen atoms in total. The third-order valence-electron chi connectivity index (χ3n) is 4.60. The molecule has 2 aromatic carbocycles. The van der Waals surface area contributed by atoms with Crippen LogP contribution in [0, 0.1) is 6.92 Å². The predicted octanol–water partition coefficient (Wildman–Crippen LogP) is 3.85. The Hall–Kier alpha value is -2.44. The van der Waals surface area contributed by atoms with Gasteiger partial charge in [-0.05, 0) is 68.1 Å². The van der Waals surface area contributed by atoms with Crippen LogP contribution in [0.25, 0.3) is 10.9 Å². The number of sulfonamides is 1. The van der Waals surface area contributed by atoms with Crippen molar-refractivity contribution in [1.82, 2.24) is 9.71 Å². The van der Waals surface area contributed by atoms with Crippen molar-refractivity contribution in [3.63, 3.8) is 0 Å². The first kappa shape index (κ1) is 19.3. The molecule has 0 radical (unpaired) electrons. The van der Waals surface area contributed by atoms with Crippen molar-refractivity contribution in [1.29, 1.82) is 0 Å². The van der Waals surface area contributed by atoms with Gasteiger partial charge in [0.2, 0.25) is 10.0 Å². The summed E-state index contributed by atoms with van der Waals surface area (Å²) in [6, 6.07) is 14.6. The standard InChI is InChI=1S/C21H24N2O3S/c1-15-6-13-20(19-5-4-14-22-21(15)19)27(24,25)23-16(2)7-8-17-9-11-18(26-3)12-10-17/h4-6,9-14,16,23H,7-8H2,1-3H3. The van der Waals surface area contributed by atoms with Gasteiger partial charge in [0, 0.05) is 17.6 Å². The van der Waals surface area contributed by atoms with Crippen molar-refractivity contribution >= 4 is 20.9 Å². The second-order valence-corrected chi connectivity index (χ2v) is 8.37. The summed E-state index contributed by atoms with van der Waals surface area (Å²) in [6.45, 7) is 3.81. The molecule has 0 amide bonds. The maximum Gasteiger partial charge on any atom is 0.241 e. The molecule has 3 aromatic rings. The Kier molecular flexibility index (Phi) is 5.77. The predicted molar refractivity (Wildman–Crippen MR) is 108 cm³/mol. The van der Waals surface area contributed by atoms with Gasteiger partial charge in [0.15, 0.2) is 0 Å². The van der Waals surface area contributed by atoms with E-state index in [1.807, 2.05) is 38.1 Å². The van der Waals surface area contributed by atoms with Crippen LogP contribution in [-0.4, -0.2) is 26.6 Å². The van der Waals surface area contributed by atoms with E-state index in [4.69, 9.17) is 4.74 Å². The Morgan fingerprint density at radius 2 is 1.85 bits per heavy atom. The van der Waals surface area contributed by atoms with E-state index >= 15 is 0 Å². The molecular weight excluding hydrogens is 360 g/mol. The minimum atomic E-state index is -3.63. The summed E-state index contributed by atoms with van der Waals surface area (Å²) < 4.78 is 33.8.